The molecule has 1 aliphatic heterocycles. The summed E-state index contributed by atoms with van der Waals surface area (Å²) in [7, 11) is 0. The van der Waals surface area contributed by atoms with Crippen molar-refractivity contribution in [2.75, 3.05) is 13.1 Å². The lowest BCUT2D eigenvalue weighted by Gasteiger charge is -2.24. The number of carbonyl (C=O) groups excluding carboxylic acids is 1. The Kier molecular flexibility index (Phi) is 4.37. The molecule has 1 fully saturated rings. The van der Waals surface area contributed by atoms with E-state index in [1.165, 1.54) is 11.1 Å². The summed E-state index contributed by atoms with van der Waals surface area (Å²) < 4.78 is 0. The number of nitrogens with one attached hydrogen (secondary N) is 2. The first-order valence-corrected chi connectivity index (χ1v) is 6.74. The van der Waals surface area contributed by atoms with Crippen molar-refractivity contribution >= 4 is 5.91 Å². The largest absolute Gasteiger partial charge is 0.349 e. The van der Waals surface area contributed by atoms with Crippen molar-refractivity contribution in [2.24, 2.45) is 5.92 Å². The quantitative estimate of drug-likeness (QED) is 0.858. The van der Waals surface area contributed by atoms with Crippen LogP contribution in [0.15, 0.2) is 24.3 Å². The summed E-state index contributed by atoms with van der Waals surface area (Å²) in [6.07, 6.45) is 2.09. The second kappa shape index (κ2) is 6.01. The second-order valence-electron chi connectivity index (χ2n) is 5.19. The Morgan fingerprint density at radius 3 is 3.00 bits per heavy atom. The molecule has 1 aromatic rings. The van der Waals surface area contributed by atoms with Gasteiger partial charge < -0.3 is 10.6 Å². The number of aryl methyl sites for hydroxylation is 1. The predicted octanol–water partition coefficient (Wildman–Crippen LogP) is 2.17. The monoisotopic (exact) mass is 246 g/mol. The van der Waals surface area contributed by atoms with Gasteiger partial charge >= 0.3 is 0 Å². The van der Waals surface area contributed by atoms with E-state index < -0.39 is 0 Å². The van der Waals surface area contributed by atoms with Gasteiger partial charge in [0.05, 0.1) is 12.0 Å². The van der Waals surface area contributed by atoms with Gasteiger partial charge in [0.1, 0.15) is 0 Å². The van der Waals surface area contributed by atoms with E-state index >= 15 is 0 Å². The van der Waals surface area contributed by atoms with E-state index in [4.69, 9.17) is 0 Å². The average Bonchev–Trinajstić information content (AvgIpc) is 2.39. The van der Waals surface area contributed by atoms with Crippen molar-refractivity contribution in [2.45, 2.75) is 32.7 Å². The van der Waals surface area contributed by atoms with Gasteiger partial charge in [-0.15, -0.1) is 0 Å². The minimum atomic E-state index is 0.0827. The molecule has 1 heterocycles. The zero-order valence-corrected chi connectivity index (χ0v) is 11.2. The summed E-state index contributed by atoms with van der Waals surface area (Å²) in [5, 5.41) is 6.39. The first-order chi connectivity index (χ1) is 8.66. The molecule has 18 heavy (non-hydrogen) atoms. The second-order valence-corrected chi connectivity index (χ2v) is 5.19. The van der Waals surface area contributed by atoms with E-state index in [1.807, 2.05) is 13.0 Å². The number of amides is 1. The molecule has 0 aliphatic carbocycles. The van der Waals surface area contributed by atoms with Crippen LogP contribution in [0, 0.1) is 12.8 Å². The molecule has 0 radical (unpaired) electrons. The lowest BCUT2D eigenvalue weighted by atomic mass is 9.97. The molecule has 2 rings (SSSR count). The summed E-state index contributed by atoms with van der Waals surface area (Å²) in [4.78, 5) is 12.1. The van der Waals surface area contributed by atoms with Crippen molar-refractivity contribution in [3.63, 3.8) is 0 Å². The van der Waals surface area contributed by atoms with Gasteiger partial charge in [0, 0.05) is 6.54 Å². The molecular weight excluding hydrogens is 224 g/mol. The van der Waals surface area contributed by atoms with Crippen LogP contribution in [-0.4, -0.2) is 19.0 Å². The van der Waals surface area contributed by atoms with Gasteiger partial charge in [-0.1, -0.05) is 29.8 Å². The van der Waals surface area contributed by atoms with Gasteiger partial charge in [-0.05, 0) is 38.8 Å². The molecule has 0 aromatic heterocycles. The molecular formula is C15H22N2O. The van der Waals surface area contributed by atoms with Gasteiger partial charge in [-0.2, -0.15) is 0 Å². The maximum absolute atomic E-state index is 12.1. The summed E-state index contributed by atoms with van der Waals surface area (Å²) in [6.45, 7) is 5.97. The first kappa shape index (κ1) is 13.1. The average molecular weight is 246 g/mol. The smallest absolute Gasteiger partial charge is 0.224 e. The van der Waals surface area contributed by atoms with Crippen LogP contribution in [0.25, 0.3) is 0 Å². The lowest BCUT2D eigenvalue weighted by molar-refractivity contribution is -0.126. The van der Waals surface area contributed by atoms with Crippen LogP contribution >= 0.6 is 0 Å². The molecule has 3 heteroatoms. The van der Waals surface area contributed by atoms with Gasteiger partial charge in [0.15, 0.2) is 0 Å². The number of hydrogen-bond donors (Lipinski definition) is 2. The highest BCUT2D eigenvalue weighted by atomic mass is 16.1. The summed E-state index contributed by atoms with van der Waals surface area (Å²) >= 11 is 0. The zero-order valence-electron chi connectivity index (χ0n) is 11.2. The Labute approximate surface area is 109 Å². The van der Waals surface area contributed by atoms with Crippen molar-refractivity contribution < 1.29 is 4.79 Å². The van der Waals surface area contributed by atoms with Crippen LogP contribution < -0.4 is 10.6 Å². The number of carbonyl (C=O) groups is 1. The summed E-state index contributed by atoms with van der Waals surface area (Å²) in [5.74, 6) is 0.308. The van der Waals surface area contributed by atoms with Gasteiger partial charge in [0.25, 0.3) is 0 Å². The highest BCUT2D eigenvalue weighted by Gasteiger charge is 2.22. The van der Waals surface area contributed by atoms with Gasteiger partial charge in [-0.25, -0.2) is 0 Å². The molecule has 1 aromatic carbocycles. The Morgan fingerprint density at radius 1 is 1.50 bits per heavy atom. The van der Waals surface area contributed by atoms with E-state index in [0.29, 0.717) is 0 Å². The summed E-state index contributed by atoms with van der Waals surface area (Å²) in [6, 6.07) is 8.39. The zero-order chi connectivity index (χ0) is 13.0. The van der Waals surface area contributed by atoms with Crippen LogP contribution in [0.4, 0.5) is 0 Å². The van der Waals surface area contributed by atoms with E-state index in [0.717, 1.165) is 25.9 Å². The Balaban J connectivity index is 1.94. The highest BCUT2D eigenvalue weighted by molar-refractivity contribution is 5.79. The van der Waals surface area contributed by atoms with Crippen LogP contribution in [0.2, 0.25) is 0 Å². The van der Waals surface area contributed by atoms with Gasteiger partial charge in [0.2, 0.25) is 5.91 Å². The fourth-order valence-electron chi connectivity index (χ4n) is 2.43. The van der Waals surface area contributed by atoms with E-state index in [9.17, 15) is 4.79 Å². The summed E-state index contributed by atoms with van der Waals surface area (Å²) in [5.41, 5.74) is 2.40. The Morgan fingerprint density at radius 2 is 2.33 bits per heavy atom. The number of hydrogen-bond acceptors (Lipinski definition) is 2. The van der Waals surface area contributed by atoms with Crippen LogP contribution in [0.3, 0.4) is 0 Å². The topological polar surface area (TPSA) is 41.1 Å². The molecule has 3 nitrogen and oxygen atoms in total. The van der Waals surface area contributed by atoms with Crippen molar-refractivity contribution in [3.8, 4) is 0 Å². The Hall–Kier alpha value is -1.35. The standard InChI is InChI=1S/C15H22N2O/c1-11-5-3-6-13(9-11)12(2)17-15(18)14-7-4-8-16-10-14/h3,5-6,9,12,14,16H,4,7-8,10H2,1-2H3,(H,17,18)/t12-,14?/m0/s1. The van der Waals surface area contributed by atoms with Crippen molar-refractivity contribution in [1.29, 1.82) is 0 Å². The number of rotatable bonds is 3. The third kappa shape index (κ3) is 3.33. The van der Waals surface area contributed by atoms with Crippen LogP contribution in [-0.2, 0) is 4.79 Å². The SMILES string of the molecule is Cc1cccc([C@H](C)NC(=O)C2CCCNC2)c1. The molecule has 2 N–H and O–H groups in total. The fourth-order valence-corrected chi connectivity index (χ4v) is 2.43. The first-order valence-electron chi connectivity index (χ1n) is 6.74. The number of benzene rings is 1. The normalized spacial score (nSPS) is 21.3. The molecule has 1 unspecified atom stereocenters. The minimum absolute atomic E-state index is 0.0827. The fraction of sp³-hybridized carbons (Fsp3) is 0.533. The van der Waals surface area contributed by atoms with E-state index in [2.05, 4.69) is 35.8 Å². The maximum atomic E-state index is 12.1. The third-order valence-corrected chi connectivity index (χ3v) is 3.57. The molecule has 2 atom stereocenters. The predicted molar refractivity (Wildman–Crippen MR) is 73.3 cm³/mol. The molecule has 0 saturated carbocycles. The molecule has 0 bridgehead atoms. The van der Waals surface area contributed by atoms with Crippen molar-refractivity contribution in [3.05, 3.63) is 35.4 Å². The maximum Gasteiger partial charge on any atom is 0.224 e. The van der Waals surface area contributed by atoms with E-state index in [1.54, 1.807) is 0 Å². The lowest BCUT2D eigenvalue weighted by Crippen LogP contribution is -2.41. The molecule has 1 saturated heterocycles. The highest BCUT2D eigenvalue weighted by Crippen LogP contribution is 2.16. The van der Waals surface area contributed by atoms with Gasteiger partial charge in [-0.3, -0.25) is 4.79 Å². The molecule has 0 spiro atoms. The van der Waals surface area contributed by atoms with E-state index in [-0.39, 0.29) is 17.9 Å². The molecule has 98 valence electrons. The molecule has 1 aliphatic rings. The van der Waals surface area contributed by atoms with Crippen LogP contribution in [0.5, 0.6) is 0 Å². The Bertz CT molecular complexity index is 411. The van der Waals surface area contributed by atoms with Crippen molar-refractivity contribution in [1.82, 2.24) is 10.6 Å². The minimum Gasteiger partial charge on any atom is -0.349 e. The number of piperidine rings is 1. The van der Waals surface area contributed by atoms with Crippen LogP contribution in [0.1, 0.15) is 36.9 Å². The molecule has 1 amide bonds. The third-order valence-electron chi connectivity index (χ3n) is 3.57.